The van der Waals surface area contributed by atoms with E-state index in [0.717, 1.165) is 18.8 Å². The first-order chi connectivity index (χ1) is 23.6. The number of sulfonamides is 1. The lowest BCUT2D eigenvalue weighted by molar-refractivity contribution is 0.0572. The van der Waals surface area contributed by atoms with E-state index in [2.05, 4.69) is 50.7 Å². The summed E-state index contributed by atoms with van der Waals surface area (Å²) in [5.74, 6) is 0.218. The van der Waals surface area contributed by atoms with Crippen molar-refractivity contribution >= 4 is 27.5 Å². The molecule has 1 saturated heterocycles. The Balaban J connectivity index is 1.23. The molecule has 12 nitrogen and oxygen atoms in total. The fraction of sp³-hybridized carbons (Fsp3) is 0.361. The van der Waals surface area contributed by atoms with E-state index in [1.165, 1.54) is 37.2 Å². The fourth-order valence-electron chi connectivity index (χ4n) is 6.73. The highest BCUT2D eigenvalue weighted by Gasteiger charge is 2.43. The van der Waals surface area contributed by atoms with Crippen LogP contribution in [0.25, 0.3) is 0 Å². The van der Waals surface area contributed by atoms with Gasteiger partial charge in [0.2, 0.25) is 0 Å². The highest BCUT2D eigenvalue weighted by atomic mass is 32.2. The SMILES string of the molecule is COc1ccc(C(CCCNS(=O)(=O)c2cn(C)cn2)N2C(=O)c3cccc(N4CCN(C(C)c5ccccc5)CC4)c3C2=O)cc1OC. The van der Waals surface area contributed by atoms with Gasteiger partial charge in [-0.1, -0.05) is 42.5 Å². The smallest absolute Gasteiger partial charge is 0.264 e. The average molecular weight is 687 g/mol. The van der Waals surface area contributed by atoms with Crippen molar-refractivity contribution in [3.8, 4) is 11.5 Å². The summed E-state index contributed by atoms with van der Waals surface area (Å²) in [5.41, 5.74) is 3.45. The molecule has 2 unspecified atom stereocenters. The van der Waals surface area contributed by atoms with E-state index in [4.69, 9.17) is 9.47 Å². The van der Waals surface area contributed by atoms with Gasteiger partial charge >= 0.3 is 0 Å². The van der Waals surface area contributed by atoms with Crippen LogP contribution < -0.4 is 19.1 Å². The lowest BCUT2D eigenvalue weighted by Crippen LogP contribution is -2.47. The van der Waals surface area contributed by atoms with Crippen molar-refractivity contribution in [3.63, 3.8) is 0 Å². The number of nitrogens with zero attached hydrogens (tertiary/aromatic N) is 5. The summed E-state index contributed by atoms with van der Waals surface area (Å²) in [7, 11) is 0.934. The van der Waals surface area contributed by atoms with E-state index in [9.17, 15) is 18.0 Å². The Morgan fingerprint density at radius 1 is 0.878 bits per heavy atom. The Bertz CT molecular complexity index is 1920. The standard InChI is InChI=1S/C36H42N6O6S/c1-25(26-10-6-5-7-11-26)40-18-20-41(21-19-40)30-13-8-12-28-34(30)36(44)42(35(28)43)29(27-15-16-31(47-3)32(22-27)48-4)14-9-17-38-49(45,46)33-23-39(2)24-37-33/h5-8,10-13,15-16,22-25,29,38H,9,14,17-21H2,1-4H3. The van der Waals surface area contributed by atoms with Crippen molar-refractivity contribution in [1.29, 1.82) is 0 Å². The number of anilines is 1. The van der Waals surface area contributed by atoms with E-state index < -0.39 is 16.1 Å². The van der Waals surface area contributed by atoms with Crippen LogP contribution in [0, 0.1) is 0 Å². The largest absolute Gasteiger partial charge is 0.493 e. The second-order valence-electron chi connectivity index (χ2n) is 12.3. The molecule has 1 fully saturated rings. The molecule has 2 atom stereocenters. The summed E-state index contributed by atoms with van der Waals surface area (Å²) >= 11 is 0. The van der Waals surface area contributed by atoms with Gasteiger partial charge in [0, 0.05) is 52.0 Å². The number of imide groups is 1. The minimum absolute atomic E-state index is 0.0744. The Morgan fingerprint density at radius 3 is 2.29 bits per heavy atom. The molecule has 1 aromatic heterocycles. The molecule has 0 radical (unpaired) electrons. The zero-order valence-corrected chi connectivity index (χ0v) is 29.0. The number of amides is 2. The number of hydrogen-bond donors (Lipinski definition) is 1. The molecule has 0 spiro atoms. The van der Waals surface area contributed by atoms with Crippen LogP contribution in [0.1, 0.15) is 63.7 Å². The molecule has 0 bridgehead atoms. The number of benzene rings is 3. The molecule has 6 rings (SSSR count). The van der Waals surface area contributed by atoms with Crippen LogP contribution in [-0.2, 0) is 17.1 Å². The number of rotatable bonds is 13. The lowest BCUT2D eigenvalue weighted by atomic mass is 9.99. The highest BCUT2D eigenvalue weighted by Crippen LogP contribution is 2.40. The van der Waals surface area contributed by atoms with Crippen molar-refractivity contribution in [1.82, 2.24) is 24.1 Å². The molecule has 1 N–H and O–H groups in total. The molecular weight excluding hydrogens is 644 g/mol. The molecule has 3 aromatic carbocycles. The number of carbonyl (C=O) groups excluding carboxylic acids is 2. The van der Waals surface area contributed by atoms with Gasteiger partial charge in [0.15, 0.2) is 16.5 Å². The Hall–Kier alpha value is -4.72. The van der Waals surface area contributed by atoms with Gasteiger partial charge in [0.25, 0.3) is 21.8 Å². The van der Waals surface area contributed by atoms with Gasteiger partial charge in [-0.25, -0.2) is 18.1 Å². The molecule has 258 valence electrons. The monoisotopic (exact) mass is 686 g/mol. The summed E-state index contributed by atoms with van der Waals surface area (Å²) in [6.45, 7) is 5.35. The first kappa shape index (κ1) is 34.2. The predicted molar refractivity (Wildman–Crippen MR) is 186 cm³/mol. The quantitative estimate of drug-likeness (QED) is 0.161. The normalized spacial score (nSPS) is 16.5. The number of imidazole rings is 1. The molecule has 3 heterocycles. The lowest BCUT2D eigenvalue weighted by Gasteiger charge is -2.39. The molecule has 49 heavy (non-hydrogen) atoms. The molecular formula is C36H42N6O6S. The number of piperazine rings is 1. The van der Waals surface area contributed by atoms with E-state index in [1.807, 2.05) is 24.3 Å². The van der Waals surface area contributed by atoms with E-state index >= 15 is 0 Å². The molecule has 0 saturated carbocycles. The maximum Gasteiger partial charge on any atom is 0.264 e. The summed E-state index contributed by atoms with van der Waals surface area (Å²) in [6, 6.07) is 20.8. The number of aromatic nitrogens is 2. The van der Waals surface area contributed by atoms with Crippen LogP contribution >= 0.6 is 0 Å². The Morgan fingerprint density at radius 2 is 1.61 bits per heavy atom. The zero-order chi connectivity index (χ0) is 34.7. The van der Waals surface area contributed by atoms with Crippen LogP contribution in [-0.4, -0.2) is 86.5 Å². The van der Waals surface area contributed by atoms with Gasteiger partial charge in [0.1, 0.15) is 0 Å². The number of ether oxygens (including phenoxy) is 2. The van der Waals surface area contributed by atoms with Crippen LogP contribution in [0.2, 0.25) is 0 Å². The minimum atomic E-state index is -3.82. The van der Waals surface area contributed by atoms with Gasteiger partial charge in [-0.3, -0.25) is 19.4 Å². The maximum atomic E-state index is 14.4. The van der Waals surface area contributed by atoms with E-state index in [0.29, 0.717) is 54.1 Å². The van der Waals surface area contributed by atoms with Gasteiger partial charge in [-0.15, -0.1) is 0 Å². The van der Waals surface area contributed by atoms with E-state index in [1.54, 1.807) is 29.8 Å². The number of methoxy groups -OCH3 is 2. The van der Waals surface area contributed by atoms with Crippen molar-refractivity contribution in [3.05, 3.63) is 102 Å². The molecule has 0 aliphatic carbocycles. The number of aryl methyl sites for hydroxylation is 1. The van der Waals surface area contributed by atoms with Crippen molar-refractivity contribution in [2.24, 2.45) is 7.05 Å². The average Bonchev–Trinajstić information content (AvgIpc) is 3.69. The summed E-state index contributed by atoms with van der Waals surface area (Å²) in [4.78, 5) is 38.4. The van der Waals surface area contributed by atoms with Gasteiger partial charge < -0.3 is 18.9 Å². The van der Waals surface area contributed by atoms with Gasteiger partial charge in [0.05, 0.1) is 43.4 Å². The van der Waals surface area contributed by atoms with Gasteiger partial charge in [-0.05, 0) is 55.2 Å². The summed E-state index contributed by atoms with van der Waals surface area (Å²) < 4.78 is 40.7. The molecule has 2 aliphatic heterocycles. The van der Waals surface area contributed by atoms with Crippen molar-refractivity contribution < 1.29 is 27.5 Å². The third kappa shape index (κ3) is 6.91. The van der Waals surface area contributed by atoms with Crippen molar-refractivity contribution in [2.75, 3.05) is 51.8 Å². The second-order valence-corrected chi connectivity index (χ2v) is 14.1. The maximum absolute atomic E-state index is 14.4. The summed E-state index contributed by atoms with van der Waals surface area (Å²) in [5, 5.41) is -0.0744. The van der Waals surface area contributed by atoms with Crippen LogP contribution in [0.3, 0.4) is 0 Å². The van der Waals surface area contributed by atoms with Crippen molar-refractivity contribution in [2.45, 2.75) is 36.9 Å². The Labute approximate surface area is 287 Å². The third-order valence-electron chi connectivity index (χ3n) is 9.42. The Kier molecular flexibility index (Phi) is 10.0. The topological polar surface area (TPSA) is 126 Å². The second kappa shape index (κ2) is 14.4. The molecule has 13 heteroatoms. The molecule has 4 aromatic rings. The zero-order valence-electron chi connectivity index (χ0n) is 28.2. The number of nitrogens with one attached hydrogen (secondary N) is 1. The molecule has 2 aliphatic rings. The predicted octanol–water partition coefficient (Wildman–Crippen LogP) is 4.42. The highest BCUT2D eigenvalue weighted by molar-refractivity contribution is 7.89. The number of carbonyl (C=O) groups is 2. The first-order valence-electron chi connectivity index (χ1n) is 16.4. The number of fused-ring (bicyclic) bond motifs is 1. The van der Waals surface area contributed by atoms with Crippen LogP contribution in [0.5, 0.6) is 11.5 Å². The summed E-state index contributed by atoms with van der Waals surface area (Å²) in [6.07, 6.45) is 3.49. The number of hydrogen-bond acceptors (Lipinski definition) is 9. The third-order valence-corrected chi connectivity index (χ3v) is 10.8. The fourth-order valence-corrected chi connectivity index (χ4v) is 7.78. The van der Waals surface area contributed by atoms with E-state index in [-0.39, 0.29) is 29.4 Å². The minimum Gasteiger partial charge on any atom is -0.493 e. The van der Waals surface area contributed by atoms with Crippen LogP contribution in [0.4, 0.5) is 5.69 Å². The first-order valence-corrected chi connectivity index (χ1v) is 17.9. The molecule has 2 amide bonds. The van der Waals surface area contributed by atoms with Gasteiger partial charge in [-0.2, -0.15) is 0 Å². The van der Waals surface area contributed by atoms with Crippen LogP contribution in [0.15, 0.2) is 84.3 Å².